The van der Waals surface area contributed by atoms with E-state index in [-0.39, 0.29) is 5.78 Å². The summed E-state index contributed by atoms with van der Waals surface area (Å²) in [5, 5.41) is 1.51. The first kappa shape index (κ1) is 18.3. The van der Waals surface area contributed by atoms with Crippen molar-refractivity contribution in [3.8, 4) is 10.6 Å². The highest BCUT2D eigenvalue weighted by Gasteiger charge is 2.17. The van der Waals surface area contributed by atoms with Gasteiger partial charge in [-0.1, -0.05) is 23.7 Å². The molecule has 0 unspecified atom stereocenters. The highest BCUT2D eigenvalue weighted by Crippen LogP contribution is 2.30. The molecular weight excluding hydrogens is 366 g/mol. The van der Waals surface area contributed by atoms with Crippen LogP contribution < -0.4 is 0 Å². The van der Waals surface area contributed by atoms with Gasteiger partial charge >= 0.3 is 0 Å². The fourth-order valence-electron chi connectivity index (χ4n) is 2.37. The molecule has 0 spiro atoms. The number of hydrogen-bond donors (Lipinski definition) is 0. The normalized spacial score (nSPS) is 11.0. The summed E-state index contributed by atoms with van der Waals surface area (Å²) in [6.45, 7) is 0. The molecule has 132 valence electrons. The summed E-state index contributed by atoms with van der Waals surface area (Å²) in [7, 11) is 3.76. The van der Waals surface area contributed by atoms with Crippen molar-refractivity contribution >= 4 is 28.7 Å². The van der Waals surface area contributed by atoms with Gasteiger partial charge in [0.1, 0.15) is 5.01 Å². The number of halogens is 1. The number of allylic oxidation sites excluding steroid dienone is 1. The molecule has 3 aromatic rings. The minimum Gasteiger partial charge on any atom is -0.383 e. The molecule has 0 N–H and O–H groups in total. The van der Waals surface area contributed by atoms with Crippen molar-refractivity contribution in [2.45, 2.75) is 6.42 Å². The second-order valence-corrected chi connectivity index (χ2v) is 7.41. The maximum absolute atomic E-state index is 12.7. The van der Waals surface area contributed by atoms with E-state index in [4.69, 9.17) is 16.6 Å². The first-order chi connectivity index (χ1) is 12.5. The molecule has 0 saturated heterocycles. The van der Waals surface area contributed by atoms with Crippen molar-refractivity contribution < 1.29 is 4.79 Å². The van der Waals surface area contributed by atoms with E-state index in [1.54, 1.807) is 24.7 Å². The fraction of sp³-hybridized carbons (Fsp3) is 0.150. The van der Waals surface area contributed by atoms with E-state index in [0.717, 1.165) is 21.8 Å². The van der Waals surface area contributed by atoms with E-state index in [2.05, 4.69) is 4.98 Å². The first-order valence-electron chi connectivity index (χ1n) is 8.06. The largest absolute Gasteiger partial charge is 0.383 e. The molecule has 1 aromatic carbocycles. The second kappa shape index (κ2) is 8.25. The smallest absolute Gasteiger partial charge is 0.199 e. The Hall–Kier alpha value is -2.50. The molecule has 0 saturated carbocycles. The van der Waals surface area contributed by atoms with E-state index < -0.39 is 0 Å². The number of thiazole rings is 1. The van der Waals surface area contributed by atoms with Gasteiger partial charge < -0.3 is 4.90 Å². The zero-order valence-electron chi connectivity index (χ0n) is 14.5. The molecule has 2 aromatic heterocycles. The third kappa shape index (κ3) is 4.56. The standard InChI is InChI=1S/C20H18ClN3OS/c1-24(2)12-9-18(25)19-17(13-14-3-5-16(21)6-4-14)23-20(26-19)15-7-10-22-11-8-15/h3-12H,13H2,1-2H3/b12-9+. The maximum Gasteiger partial charge on any atom is 0.199 e. The van der Waals surface area contributed by atoms with Gasteiger partial charge in [0.05, 0.1) is 10.6 Å². The number of carbonyl (C=O) groups is 1. The summed E-state index contributed by atoms with van der Waals surface area (Å²) < 4.78 is 0. The lowest BCUT2D eigenvalue weighted by Crippen LogP contribution is -2.04. The molecule has 0 fully saturated rings. The van der Waals surface area contributed by atoms with Crippen LogP contribution in [0.5, 0.6) is 0 Å². The molecule has 0 aliphatic heterocycles. The Balaban J connectivity index is 1.98. The lowest BCUT2D eigenvalue weighted by Gasteiger charge is -2.03. The van der Waals surface area contributed by atoms with Crippen LogP contribution in [0.1, 0.15) is 20.9 Å². The van der Waals surface area contributed by atoms with Gasteiger partial charge in [-0.2, -0.15) is 0 Å². The lowest BCUT2D eigenvalue weighted by molar-refractivity contribution is 0.104. The summed E-state index contributed by atoms with van der Waals surface area (Å²) in [6, 6.07) is 11.4. The van der Waals surface area contributed by atoms with Crippen LogP contribution in [0.2, 0.25) is 5.02 Å². The number of benzene rings is 1. The fourth-order valence-corrected chi connectivity index (χ4v) is 3.50. The Morgan fingerprint density at radius 1 is 1.15 bits per heavy atom. The van der Waals surface area contributed by atoms with Crippen LogP contribution in [0.4, 0.5) is 0 Å². The Morgan fingerprint density at radius 3 is 2.50 bits per heavy atom. The molecule has 2 heterocycles. The van der Waals surface area contributed by atoms with Crippen LogP contribution in [-0.4, -0.2) is 34.7 Å². The molecule has 3 rings (SSSR count). The van der Waals surface area contributed by atoms with Crippen LogP contribution in [0.15, 0.2) is 61.1 Å². The SMILES string of the molecule is CN(C)/C=C/C(=O)c1sc(-c2ccncc2)nc1Cc1ccc(Cl)cc1. The monoisotopic (exact) mass is 383 g/mol. The van der Waals surface area contributed by atoms with Gasteiger partial charge in [0, 0.05) is 55.8 Å². The molecule has 6 heteroatoms. The average molecular weight is 384 g/mol. The van der Waals surface area contributed by atoms with Gasteiger partial charge in [0.25, 0.3) is 0 Å². The average Bonchev–Trinajstić information content (AvgIpc) is 3.06. The van der Waals surface area contributed by atoms with E-state index in [1.165, 1.54) is 11.3 Å². The zero-order valence-corrected chi connectivity index (χ0v) is 16.1. The van der Waals surface area contributed by atoms with Crippen LogP contribution in [0.25, 0.3) is 10.6 Å². The van der Waals surface area contributed by atoms with Crippen LogP contribution >= 0.6 is 22.9 Å². The van der Waals surface area contributed by atoms with Crippen molar-refractivity contribution in [1.82, 2.24) is 14.9 Å². The van der Waals surface area contributed by atoms with E-state index in [1.807, 2.05) is 55.4 Å². The third-order valence-corrected chi connectivity index (χ3v) is 5.07. The number of aromatic nitrogens is 2. The topological polar surface area (TPSA) is 46.1 Å². The minimum atomic E-state index is -0.0412. The lowest BCUT2D eigenvalue weighted by atomic mass is 10.1. The zero-order chi connectivity index (χ0) is 18.5. The summed E-state index contributed by atoms with van der Waals surface area (Å²) >= 11 is 7.37. The van der Waals surface area contributed by atoms with Gasteiger partial charge in [-0.05, 0) is 29.8 Å². The van der Waals surface area contributed by atoms with Crippen molar-refractivity contribution in [2.24, 2.45) is 0 Å². The Bertz CT molecular complexity index is 918. The van der Waals surface area contributed by atoms with E-state index in [9.17, 15) is 4.79 Å². The number of hydrogen-bond acceptors (Lipinski definition) is 5. The predicted molar refractivity (Wildman–Crippen MR) is 107 cm³/mol. The molecule has 26 heavy (non-hydrogen) atoms. The van der Waals surface area contributed by atoms with Crippen molar-refractivity contribution in [2.75, 3.05) is 14.1 Å². The van der Waals surface area contributed by atoms with E-state index in [0.29, 0.717) is 16.3 Å². The molecule has 4 nitrogen and oxygen atoms in total. The maximum atomic E-state index is 12.7. The van der Waals surface area contributed by atoms with Gasteiger partial charge in [0.15, 0.2) is 5.78 Å². The molecule has 0 aliphatic carbocycles. The Morgan fingerprint density at radius 2 is 1.85 bits per heavy atom. The molecule has 0 bridgehead atoms. The number of carbonyl (C=O) groups excluding carboxylic acids is 1. The Kier molecular flexibility index (Phi) is 5.81. The van der Waals surface area contributed by atoms with Crippen LogP contribution in [0.3, 0.4) is 0 Å². The van der Waals surface area contributed by atoms with Gasteiger partial charge in [0.2, 0.25) is 0 Å². The van der Waals surface area contributed by atoms with Crippen molar-refractivity contribution in [1.29, 1.82) is 0 Å². The van der Waals surface area contributed by atoms with Crippen LogP contribution in [0, 0.1) is 0 Å². The molecule has 0 aliphatic rings. The van der Waals surface area contributed by atoms with Crippen LogP contribution in [-0.2, 0) is 6.42 Å². The molecule has 0 radical (unpaired) electrons. The molecule has 0 amide bonds. The summed E-state index contributed by atoms with van der Waals surface area (Å²) in [4.78, 5) is 24.0. The molecule has 0 atom stereocenters. The van der Waals surface area contributed by atoms with Crippen molar-refractivity contribution in [3.05, 3.63) is 82.2 Å². The molecular formula is C20H18ClN3OS. The highest BCUT2D eigenvalue weighted by atomic mass is 35.5. The second-order valence-electron chi connectivity index (χ2n) is 5.98. The van der Waals surface area contributed by atoms with Gasteiger partial charge in [-0.15, -0.1) is 11.3 Å². The summed E-state index contributed by atoms with van der Waals surface area (Å²) in [5.41, 5.74) is 2.79. The number of nitrogens with zero attached hydrogens (tertiary/aromatic N) is 3. The summed E-state index contributed by atoms with van der Waals surface area (Å²) in [5.74, 6) is -0.0412. The number of ketones is 1. The predicted octanol–water partition coefficient (Wildman–Crippen LogP) is 4.71. The van der Waals surface area contributed by atoms with Gasteiger partial charge in [-0.25, -0.2) is 4.98 Å². The minimum absolute atomic E-state index is 0.0412. The number of rotatable bonds is 6. The van der Waals surface area contributed by atoms with E-state index >= 15 is 0 Å². The summed E-state index contributed by atoms with van der Waals surface area (Å²) in [6.07, 6.45) is 7.36. The van der Waals surface area contributed by atoms with Crippen molar-refractivity contribution in [3.63, 3.8) is 0 Å². The number of pyridine rings is 1. The quantitative estimate of drug-likeness (QED) is 0.457. The third-order valence-electron chi connectivity index (χ3n) is 3.66. The Labute approximate surface area is 161 Å². The highest BCUT2D eigenvalue weighted by molar-refractivity contribution is 7.17. The first-order valence-corrected chi connectivity index (χ1v) is 9.26. The van der Waals surface area contributed by atoms with Gasteiger partial charge in [-0.3, -0.25) is 9.78 Å².